The summed E-state index contributed by atoms with van der Waals surface area (Å²) in [7, 11) is 1.64. The minimum Gasteiger partial charge on any atom is -0.294 e. The standard InChI is InChI=1S/C11H10N6O2S2/c1-17-9(19)8-6(2-3-20-8)14-11(17)21-4-7(18)15-10-12-5-13-16-10/h2-3,5H,4H2,1H3,(H2,12,13,15,16,18). The third-order valence-corrected chi connectivity index (χ3v) is 4.57. The number of carbonyl (C=O) groups is 1. The lowest BCUT2D eigenvalue weighted by atomic mass is 10.5. The van der Waals surface area contributed by atoms with E-state index in [0.717, 1.165) is 0 Å². The van der Waals surface area contributed by atoms with Crippen molar-refractivity contribution in [1.29, 1.82) is 0 Å². The molecule has 3 aromatic rings. The van der Waals surface area contributed by atoms with Crippen molar-refractivity contribution in [1.82, 2.24) is 24.7 Å². The quantitative estimate of drug-likeness (QED) is 0.545. The maximum atomic E-state index is 12.1. The first kappa shape index (κ1) is 13.8. The van der Waals surface area contributed by atoms with Crippen molar-refractivity contribution in [2.45, 2.75) is 5.16 Å². The Balaban J connectivity index is 1.74. The molecule has 0 radical (unpaired) electrons. The second-order valence-electron chi connectivity index (χ2n) is 4.06. The average Bonchev–Trinajstić information content (AvgIpc) is 3.12. The Morgan fingerprint density at radius 3 is 3.19 bits per heavy atom. The molecule has 0 aliphatic carbocycles. The molecule has 2 N–H and O–H groups in total. The largest absolute Gasteiger partial charge is 0.294 e. The van der Waals surface area contributed by atoms with E-state index in [1.807, 2.05) is 5.38 Å². The third-order valence-electron chi connectivity index (χ3n) is 2.65. The Kier molecular flexibility index (Phi) is 3.71. The van der Waals surface area contributed by atoms with Crippen LogP contribution in [0.25, 0.3) is 10.2 Å². The summed E-state index contributed by atoms with van der Waals surface area (Å²) in [5.74, 6) is 0.156. The Bertz CT molecular complexity index is 838. The van der Waals surface area contributed by atoms with E-state index in [-0.39, 0.29) is 23.2 Å². The topological polar surface area (TPSA) is 106 Å². The summed E-state index contributed by atoms with van der Waals surface area (Å²) in [4.78, 5) is 32.1. The molecule has 10 heteroatoms. The van der Waals surface area contributed by atoms with Gasteiger partial charge in [-0.1, -0.05) is 11.8 Å². The molecular weight excluding hydrogens is 312 g/mol. The van der Waals surface area contributed by atoms with Gasteiger partial charge in [0.25, 0.3) is 5.56 Å². The normalized spacial score (nSPS) is 10.9. The van der Waals surface area contributed by atoms with Crippen molar-refractivity contribution >= 4 is 45.2 Å². The summed E-state index contributed by atoms with van der Waals surface area (Å²) < 4.78 is 2.07. The van der Waals surface area contributed by atoms with Crippen LogP contribution in [-0.2, 0) is 11.8 Å². The lowest BCUT2D eigenvalue weighted by molar-refractivity contribution is -0.113. The van der Waals surface area contributed by atoms with Crippen LogP contribution >= 0.6 is 23.1 Å². The summed E-state index contributed by atoms with van der Waals surface area (Å²) in [5.41, 5.74) is 0.550. The van der Waals surface area contributed by atoms with E-state index < -0.39 is 0 Å². The Morgan fingerprint density at radius 1 is 1.57 bits per heavy atom. The highest BCUT2D eigenvalue weighted by molar-refractivity contribution is 7.99. The van der Waals surface area contributed by atoms with Gasteiger partial charge in [-0.15, -0.1) is 11.3 Å². The van der Waals surface area contributed by atoms with Gasteiger partial charge in [-0.25, -0.2) is 10.1 Å². The SMILES string of the molecule is Cn1c(SCC(=O)Nc2ncn[nH]2)nc2ccsc2c1=O. The molecule has 0 aliphatic heterocycles. The molecule has 21 heavy (non-hydrogen) atoms. The number of nitrogens with zero attached hydrogens (tertiary/aromatic N) is 4. The second kappa shape index (κ2) is 5.66. The number of thiophene rings is 1. The minimum atomic E-state index is -0.253. The fraction of sp³-hybridized carbons (Fsp3) is 0.182. The van der Waals surface area contributed by atoms with Gasteiger partial charge in [-0.3, -0.25) is 19.5 Å². The number of fused-ring (bicyclic) bond motifs is 1. The van der Waals surface area contributed by atoms with Gasteiger partial charge in [0.2, 0.25) is 11.9 Å². The number of aromatic amines is 1. The maximum absolute atomic E-state index is 12.1. The number of amides is 1. The Hall–Kier alpha value is -2.20. The zero-order valence-electron chi connectivity index (χ0n) is 10.9. The monoisotopic (exact) mass is 322 g/mol. The fourth-order valence-corrected chi connectivity index (χ4v) is 3.24. The summed E-state index contributed by atoms with van der Waals surface area (Å²) in [6.07, 6.45) is 1.30. The van der Waals surface area contributed by atoms with Crippen molar-refractivity contribution in [3.05, 3.63) is 28.1 Å². The average molecular weight is 322 g/mol. The lowest BCUT2D eigenvalue weighted by Crippen LogP contribution is -2.20. The van der Waals surface area contributed by atoms with Crippen molar-refractivity contribution in [3.63, 3.8) is 0 Å². The molecule has 0 saturated heterocycles. The van der Waals surface area contributed by atoms with Gasteiger partial charge >= 0.3 is 0 Å². The molecule has 0 atom stereocenters. The van der Waals surface area contributed by atoms with Crippen LogP contribution in [0.1, 0.15) is 0 Å². The van der Waals surface area contributed by atoms with Crippen LogP contribution in [0, 0.1) is 0 Å². The Morgan fingerprint density at radius 2 is 2.43 bits per heavy atom. The summed E-state index contributed by atoms with van der Waals surface area (Å²) in [5, 5.41) is 11.0. The third kappa shape index (κ3) is 2.81. The van der Waals surface area contributed by atoms with Crippen LogP contribution in [0.2, 0.25) is 0 Å². The summed E-state index contributed by atoms with van der Waals surface area (Å²) in [6, 6.07) is 1.79. The van der Waals surface area contributed by atoms with Crippen molar-refractivity contribution in [2.24, 2.45) is 7.05 Å². The van der Waals surface area contributed by atoms with E-state index in [0.29, 0.717) is 15.4 Å². The maximum Gasteiger partial charge on any atom is 0.271 e. The molecule has 0 saturated carbocycles. The minimum absolute atomic E-state index is 0.104. The van der Waals surface area contributed by atoms with Gasteiger partial charge in [0, 0.05) is 7.05 Å². The van der Waals surface area contributed by atoms with Gasteiger partial charge < -0.3 is 0 Å². The molecule has 3 heterocycles. The van der Waals surface area contributed by atoms with Crippen LogP contribution in [0.15, 0.2) is 27.7 Å². The number of H-pyrrole nitrogens is 1. The number of anilines is 1. The number of aromatic nitrogens is 5. The zero-order chi connectivity index (χ0) is 14.8. The van der Waals surface area contributed by atoms with Crippen LogP contribution in [0.5, 0.6) is 0 Å². The van der Waals surface area contributed by atoms with Gasteiger partial charge in [0.15, 0.2) is 5.16 Å². The molecule has 0 fully saturated rings. The van der Waals surface area contributed by atoms with E-state index in [9.17, 15) is 9.59 Å². The highest BCUT2D eigenvalue weighted by Crippen LogP contribution is 2.20. The number of carbonyl (C=O) groups excluding carboxylic acids is 1. The molecule has 0 bridgehead atoms. The van der Waals surface area contributed by atoms with Crippen LogP contribution in [-0.4, -0.2) is 36.4 Å². The molecule has 108 valence electrons. The molecule has 0 aliphatic rings. The van der Waals surface area contributed by atoms with Crippen molar-refractivity contribution in [2.75, 3.05) is 11.1 Å². The molecule has 8 nitrogen and oxygen atoms in total. The molecule has 0 unspecified atom stereocenters. The van der Waals surface area contributed by atoms with Crippen molar-refractivity contribution < 1.29 is 4.79 Å². The van der Waals surface area contributed by atoms with Crippen LogP contribution in [0.4, 0.5) is 5.95 Å². The van der Waals surface area contributed by atoms with Crippen molar-refractivity contribution in [3.8, 4) is 0 Å². The second-order valence-corrected chi connectivity index (χ2v) is 5.92. The number of thioether (sulfide) groups is 1. The predicted octanol–water partition coefficient (Wildman–Crippen LogP) is 0.844. The number of rotatable bonds is 4. The number of hydrogen-bond donors (Lipinski definition) is 2. The lowest BCUT2D eigenvalue weighted by Gasteiger charge is -2.06. The van der Waals surface area contributed by atoms with Gasteiger partial charge in [-0.05, 0) is 11.4 Å². The molecule has 3 aromatic heterocycles. The first-order valence-corrected chi connectivity index (χ1v) is 7.74. The van der Waals surface area contributed by atoms with E-state index in [4.69, 9.17) is 0 Å². The van der Waals surface area contributed by atoms with E-state index in [1.165, 1.54) is 34.0 Å². The van der Waals surface area contributed by atoms with Crippen LogP contribution in [0.3, 0.4) is 0 Å². The summed E-state index contributed by atoms with van der Waals surface area (Å²) >= 11 is 2.55. The van der Waals surface area contributed by atoms with Gasteiger partial charge in [0.1, 0.15) is 11.0 Å². The zero-order valence-corrected chi connectivity index (χ0v) is 12.5. The Labute approximate surface area is 126 Å². The smallest absolute Gasteiger partial charge is 0.271 e. The number of nitrogens with one attached hydrogen (secondary N) is 2. The fourth-order valence-electron chi connectivity index (χ4n) is 1.66. The first-order valence-electron chi connectivity index (χ1n) is 5.87. The molecule has 0 aromatic carbocycles. The van der Waals surface area contributed by atoms with E-state index in [1.54, 1.807) is 13.1 Å². The van der Waals surface area contributed by atoms with E-state index in [2.05, 4.69) is 25.5 Å². The first-order chi connectivity index (χ1) is 10.1. The molecular formula is C11H10N6O2S2. The van der Waals surface area contributed by atoms with Gasteiger partial charge in [-0.2, -0.15) is 10.1 Å². The van der Waals surface area contributed by atoms with Gasteiger partial charge in [0.05, 0.1) is 11.3 Å². The molecule has 3 rings (SSSR count). The summed E-state index contributed by atoms with van der Waals surface area (Å²) in [6.45, 7) is 0. The molecule has 1 amide bonds. The predicted molar refractivity (Wildman–Crippen MR) is 80.6 cm³/mol. The highest BCUT2D eigenvalue weighted by Gasteiger charge is 2.12. The molecule has 0 spiro atoms. The number of hydrogen-bond acceptors (Lipinski definition) is 7. The van der Waals surface area contributed by atoms with Crippen LogP contribution < -0.4 is 10.9 Å². The van der Waals surface area contributed by atoms with E-state index >= 15 is 0 Å². The highest BCUT2D eigenvalue weighted by atomic mass is 32.2.